The summed E-state index contributed by atoms with van der Waals surface area (Å²) in [6.07, 6.45) is -4.48. The van der Waals surface area contributed by atoms with E-state index in [1.807, 2.05) is 0 Å². The topological polar surface area (TPSA) is 139 Å². The van der Waals surface area contributed by atoms with Gasteiger partial charge in [0, 0.05) is 24.6 Å². The number of benzene rings is 2. The number of amides is 2. The number of nitrogens with two attached hydrogens (primary N) is 1. The Balaban J connectivity index is 1.69. The number of halogens is 5. The molecule has 2 aromatic carbocycles. The van der Waals surface area contributed by atoms with E-state index in [1.54, 1.807) is 0 Å². The summed E-state index contributed by atoms with van der Waals surface area (Å²) >= 11 is 0. The van der Waals surface area contributed by atoms with E-state index >= 15 is 0 Å². The molecule has 0 spiro atoms. The van der Waals surface area contributed by atoms with Crippen LogP contribution < -0.4 is 16.4 Å². The number of carbonyl (C=O) groups excluding carboxylic acids is 2. The van der Waals surface area contributed by atoms with Gasteiger partial charge in [-0.2, -0.15) is 13.2 Å². The number of carbonyl (C=O) groups is 2. The second-order valence-electron chi connectivity index (χ2n) is 10.1. The van der Waals surface area contributed by atoms with E-state index in [0.29, 0.717) is 24.5 Å². The lowest BCUT2D eigenvalue weighted by atomic mass is 9.98. The van der Waals surface area contributed by atoms with Crippen LogP contribution in [-0.2, 0) is 37.6 Å². The molecule has 5 N–H and O–H groups in total. The third kappa shape index (κ3) is 10.0. The van der Waals surface area contributed by atoms with Crippen molar-refractivity contribution in [3.63, 3.8) is 0 Å². The van der Waals surface area contributed by atoms with Gasteiger partial charge in [-0.05, 0) is 61.1 Å². The highest BCUT2D eigenvalue weighted by Crippen LogP contribution is 2.46. The summed E-state index contributed by atoms with van der Waals surface area (Å²) < 4.78 is 91.5. The minimum absolute atomic E-state index is 0.0150. The first-order valence-electron chi connectivity index (χ1n) is 12.8. The van der Waals surface area contributed by atoms with Crippen LogP contribution in [0.25, 0.3) is 0 Å². The highest BCUT2D eigenvalue weighted by atomic mass is 32.2. The number of nitrogens with one attached hydrogen (secondary N) is 2. The van der Waals surface area contributed by atoms with E-state index < -0.39 is 68.5 Å². The second-order valence-corrected chi connectivity index (χ2v) is 12.3. The first-order valence-corrected chi connectivity index (χ1v) is 14.6. The summed E-state index contributed by atoms with van der Waals surface area (Å²) in [5.74, 6) is -4.34. The molecule has 0 saturated heterocycles. The van der Waals surface area contributed by atoms with Crippen LogP contribution in [0.2, 0.25) is 0 Å². The van der Waals surface area contributed by atoms with Crippen LogP contribution >= 0.6 is 0 Å². The predicted molar refractivity (Wildman–Crippen MR) is 140 cm³/mol. The van der Waals surface area contributed by atoms with E-state index in [-0.39, 0.29) is 37.1 Å². The van der Waals surface area contributed by atoms with Gasteiger partial charge in [-0.3, -0.25) is 9.59 Å². The summed E-state index contributed by atoms with van der Waals surface area (Å²) in [6, 6.07) is 6.33. The van der Waals surface area contributed by atoms with Crippen LogP contribution in [0.5, 0.6) is 0 Å². The average molecular weight is 605 g/mol. The maximum Gasteiger partial charge on any atom is 0.416 e. The lowest BCUT2D eigenvalue weighted by Crippen LogP contribution is -2.50. The number of primary amides is 1. The number of sulfone groups is 1. The first-order chi connectivity index (χ1) is 19.1. The maximum absolute atomic E-state index is 13.8. The van der Waals surface area contributed by atoms with Crippen molar-refractivity contribution in [1.29, 1.82) is 0 Å². The number of aliphatic hydroxyl groups is 1. The number of hydrogen-bond donors (Lipinski definition) is 4. The van der Waals surface area contributed by atoms with E-state index in [9.17, 15) is 45.1 Å². The van der Waals surface area contributed by atoms with Gasteiger partial charge in [0.1, 0.15) is 11.6 Å². The van der Waals surface area contributed by atoms with Gasteiger partial charge < -0.3 is 21.5 Å². The molecule has 2 unspecified atom stereocenters. The highest BCUT2D eigenvalue weighted by molar-refractivity contribution is 7.91. The Morgan fingerprint density at radius 1 is 1.10 bits per heavy atom. The largest absolute Gasteiger partial charge is 0.416 e. The second kappa shape index (κ2) is 13.3. The zero-order valence-corrected chi connectivity index (χ0v) is 22.7. The van der Waals surface area contributed by atoms with Crippen molar-refractivity contribution in [1.82, 2.24) is 10.6 Å². The van der Waals surface area contributed by atoms with Gasteiger partial charge in [0.05, 0.1) is 35.6 Å². The number of hydrogen-bond acceptors (Lipinski definition) is 6. The van der Waals surface area contributed by atoms with Crippen LogP contribution in [0.3, 0.4) is 0 Å². The fourth-order valence-electron chi connectivity index (χ4n) is 4.39. The van der Waals surface area contributed by atoms with Gasteiger partial charge in [0.25, 0.3) is 0 Å². The van der Waals surface area contributed by atoms with Crippen LogP contribution in [-0.4, -0.2) is 55.5 Å². The van der Waals surface area contributed by atoms with Gasteiger partial charge >= 0.3 is 6.18 Å². The predicted octanol–water partition coefficient (Wildman–Crippen LogP) is 2.54. The average Bonchev–Trinajstić information content (AvgIpc) is 3.66. The smallest absolute Gasteiger partial charge is 0.390 e. The maximum atomic E-state index is 13.8. The quantitative estimate of drug-likeness (QED) is 0.231. The van der Waals surface area contributed by atoms with Crippen molar-refractivity contribution in [3.8, 4) is 0 Å². The molecule has 1 aliphatic carbocycles. The Kier molecular flexibility index (Phi) is 10.5. The summed E-state index contributed by atoms with van der Waals surface area (Å²) in [4.78, 5) is 23.4. The molecular weight excluding hydrogens is 573 g/mol. The van der Waals surface area contributed by atoms with Crippen LogP contribution in [0.1, 0.15) is 42.4 Å². The molecular formula is C27H31F5N3O5S. The standard InChI is InChI=1S/C27H31F5N3O5S/c28-20-11-17(12-21(29)15-20)13-22(35-25(38)6-10-41(39,40)9-2-5-24(33)37)23(36)16-34-26(7-8-26)18-3-1-4-19(14-18)27(30,31)32/h1,3-4,6,11-12,14-15,22-23,34,36H,2,5,7-10,13,16H2,(H2,33,37)(H,35,38). The molecule has 0 aliphatic heterocycles. The fraction of sp³-hybridized carbons (Fsp3) is 0.444. The molecule has 225 valence electrons. The molecule has 3 rings (SSSR count). The Morgan fingerprint density at radius 2 is 1.76 bits per heavy atom. The van der Waals surface area contributed by atoms with Gasteiger partial charge in [0.2, 0.25) is 11.8 Å². The van der Waals surface area contributed by atoms with Gasteiger partial charge in [-0.25, -0.2) is 17.2 Å². The number of aliphatic hydroxyl groups excluding tert-OH is 1. The van der Waals surface area contributed by atoms with E-state index in [4.69, 9.17) is 5.73 Å². The molecule has 1 radical (unpaired) electrons. The Hall–Kier alpha value is -3.10. The van der Waals surface area contributed by atoms with Crippen molar-refractivity contribution < 1.29 is 45.1 Å². The lowest BCUT2D eigenvalue weighted by Gasteiger charge is -2.27. The normalized spacial score (nSPS) is 16.1. The minimum atomic E-state index is -4.53. The SMILES string of the molecule is NC(=O)CCCS(=O)(=O)C[CH]C(=O)NC(Cc1cc(F)cc(F)c1)C(O)CNC1(c2cccc(C(F)(F)F)c2)CC1. The molecule has 0 bridgehead atoms. The molecule has 1 fully saturated rings. The van der Waals surface area contributed by atoms with Gasteiger partial charge in [-0.1, -0.05) is 12.1 Å². The Bertz CT molecular complexity index is 1330. The highest BCUT2D eigenvalue weighted by Gasteiger charge is 2.45. The van der Waals surface area contributed by atoms with Crippen molar-refractivity contribution in [2.24, 2.45) is 5.73 Å². The molecule has 0 heterocycles. The van der Waals surface area contributed by atoms with E-state index in [1.165, 1.54) is 12.1 Å². The monoisotopic (exact) mass is 604 g/mol. The molecule has 2 aromatic rings. The Morgan fingerprint density at radius 3 is 2.34 bits per heavy atom. The molecule has 0 aromatic heterocycles. The summed E-state index contributed by atoms with van der Waals surface area (Å²) in [5, 5.41) is 16.5. The zero-order valence-electron chi connectivity index (χ0n) is 21.9. The molecule has 2 amide bonds. The van der Waals surface area contributed by atoms with Crippen LogP contribution in [0.4, 0.5) is 22.0 Å². The molecule has 2 atom stereocenters. The molecule has 8 nitrogen and oxygen atoms in total. The van der Waals surface area contributed by atoms with Crippen LogP contribution in [0.15, 0.2) is 42.5 Å². The first kappa shape index (κ1) is 32.4. The fourth-order valence-corrected chi connectivity index (χ4v) is 5.54. The van der Waals surface area contributed by atoms with Crippen molar-refractivity contribution in [3.05, 3.63) is 77.2 Å². The Labute approximate surface area is 234 Å². The summed E-state index contributed by atoms with van der Waals surface area (Å²) in [7, 11) is -3.74. The lowest BCUT2D eigenvalue weighted by molar-refractivity contribution is -0.137. The summed E-state index contributed by atoms with van der Waals surface area (Å²) in [5.41, 5.74) is 3.83. The van der Waals surface area contributed by atoms with Crippen molar-refractivity contribution >= 4 is 21.7 Å². The number of rotatable bonds is 15. The molecule has 1 saturated carbocycles. The van der Waals surface area contributed by atoms with Crippen molar-refractivity contribution in [2.45, 2.75) is 56.0 Å². The number of alkyl halides is 3. The van der Waals surface area contributed by atoms with E-state index in [0.717, 1.165) is 30.7 Å². The van der Waals surface area contributed by atoms with Gasteiger partial charge in [0.15, 0.2) is 9.84 Å². The molecule has 41 heavy (non-hydrogen) atoms. The minimum Gasteiger partial charge on any atom is -0.390 e. The zero-order chi connectivity index (χ0) is 30.4. The van der Waals surface area contributed by atoms with Crippen molar-refractivity contribution in [2.75, 3.05) is 18.1 Å². The van der Waals surface area contributed by atoms with Crippen LogP contribution in [0, 0.1) is 18.1 Å². The third-order valence-corrected chi connectivity index (χ3v) is 8.30. The molecule has 14 heteroatoms. The summed E-state index contributed by atoms with van der Waals surface area (Å²) in [6.45, 7) is -0.204. The molecule has 1 aliphatic rings. The van der Waals surface area contributed by atoms with Gasteiger partial charge in [-0.15, -0.1) is 0 Å². The third-order valence-electron chi connectivity index (χ3n) is 6.71. The van der Waals surface area contributed by atoms with E-state index in [2.05, 4.69) is 10.6 Å².